The van der Waals surface area contributed by atoms with Crippen molar-refractivity contribution < 1.29 is 0 Å². The van der Waals surface area contributed by atoms with Crippen molar-refractivity contribution >= 4 is 49.8 Å². The van der Waals surface area contributed by atoms with Gasteiger partial charge in [0.15, 0.2) is 0 Å². The third-order valence-electron chi connectivity index (χ3n) is 1.86. The highest BCUT2D eigenvalue weighted by molar-refractivity contribution is 14.1. The molecule has 0 saturated heterocycles. The number of nitriles is 1. The van der Waals surface area contributed by atoms with Crippen LogP contribution in [-0.4, -0.2) is 4.98 Å². The summed E-state index contributed by atoms with van der Waals surface area (Å²) in [5.74, 6) is 0. The van der Waals surface area contributed by atoms with Crippen LogP contribution in [0.1, 0.15) is 10.6 Å². The number of fused-ring (bicyclic) bond motifs is 1. The van der Waals surface area contributed by atoms with Gasteiger partial charge in [0.05, 0.1) is 25.9 Å². The number of benzene rings is 1. The molecule has 0 aliphatic carbocycles. The molecule has 0 atom stereocenters. The highest BCUT2D eigenvalue weighted by Gasteiger charge is 2.09. The lowest BCUT2D eigenvalue weighted by atomic mass is 10.2. The Labute approximate surface area is 98.7 Å². The number of rotatable bonds is 1. The van der Waals surface area contributed by atoms with E-state index in [9.17, 15) is 0 Å². The van der Waals surface area contributed by atoms with E-state index in [1.54, 1.807) is 17.4 Å². The van der Waals surface area contributed by atoms with Crippen LogP contribution >= 0.6 is 33.9 Å². The third kappa shape index (κ3) is 1.44. The van der Waals surface area contributed by atoms with Crippen molar-refractivity contribution in [2.75, 3.05) is 5.73 Å². The third-order valence-corrected chi connectivity index (χ3v) is 4.19. The molecule has 2 N–H and O–H groups in total. The number of alkyl halides is 1. The molecule has 0 fully saturated rings. The average molecular weight is 315 g/mol. The zero-order valence-electron chi connectivity index (χ0n) is 7.12. The Morgan fingerprint density at radius 2 is 2.36 bits per heavy atom. The van der Waals surface area contributed by atoms with E-state index < -0.39 is 0 Å². The SMILES string of the molecule is N#Cc1c(N)ccc2nc(CI)sc12. The van der Waals surface area contributed by atoms with E-state index in [2.05, 4.69) is 33.6 Å². The molecule has 2 rings (SSSR count). The number of hydrogen-bond donors (Lipinski definition) is 1. The Morgan fingerprint density at radius 3 is 3.00 bits per heavy atom. The van der Waals surface area contributed by atoms with Crippen molar-refractivity contribution in [2.24, 2.45) is 0 Å². The predicted molar refractivity (Wildman–Crippen MR) is 66.5 cm³/mol. The molecule has 0 saturated carbocycles. The molecule has 0 spiro atoms. The minimum absolute atomic E-state index is 0.531. The lowest BCUT2D eigenvalue weighted by molar-refractivity contribution is 1.33. The number of aromatic nitrogens is 1. The normalized spacial score (nSPS) is 10.3. The molecule has 1 aromatic carbocycles. The number of nitrogen functional groups attached to an aromatic ring is 1. The van der Waals surface area contributed by atoms with E-state index in [1.807, 2.05) is 6.07 Å². The van der Waals surface area contributed by atoms with Crippen molar-refractivity contribution in [3.8, 4) is 6.07 Å². The predicted octanol–water partition coefficient (Wildman–Crippen LogP) is 2.69. The number of nitrogens with zero attached hydrogens (tertiary/aromatic N) is 2. The summed E-state index contributed by atoms with van der Waals surface area (Å²) in [6.45, 7) is 0. The van der Waals surface area contributed by atoms with Gasteiger partial charge in [-0.05, 0) is 12.1 Å². The van der Waals surface area contributed by atoms with Gasteiger partial charge in [-0.2, -0.15) is 5.26 Å². The summed E-state index contributed by atoms with van der Waals surface area (Å²) in [7, 11) is 0. The van der Waals surface area contributed by atoms with Crippen LogP contribution in [0.15, 0.2) is 12.1 Å². The highest BCUT2D eigenvalue weighted by atomic mass is 127. The number of anilines is 1. The van der Waals surface area contributed by atoms with Crippen LogP contribution in [-0.2, 0) is 4.43 Å². The van der Waals surface area contributed by atoms with Gasteiger partial charge >= 0.3 is 0 Å². The van der Waals surface area contributed by atoms with Crippen molar-refractivity contribution in [3.63, 3.8) is 0 Å². The zero-order valence-corrected chi connectivity index (χ0v) is 10.1. The maximum absolute atomic E-state index is 8.95. The number of halogens is 1. The van der Waals surface area contributed by atoms with E-state index >= 15 is 0 Å². The standard InChI is InChI=1S/C9H6IN3S/c10-3-8-13-7-2-1-6(12)5(4-11)9(7)14-8/h1-2H,3,12H2. The summed E-state index contributed by atoms with van der Waals surface area (Å²) in [6, 6.07) is 5.71. The molecular weight excluding hydrogens is 309 g/mol. The first-order valence-corrected chi connectivity index (χ1v) is 6.24. The van der Waals surface area contributed by atoms with E-state index in [0.717, 1.165) is 19.7 Å². The van der Waals surface area contributed by atoms with Crippen LogP contribution in [0.25, 0.3) is 10.2 Å². The Hall–Kier alpha value is -0.870. The van der Waals surface area contributed by atoms with Crippen LogP contribution in [0.4, 0.5) is 5.69 Å². The van der Waals surface area contributed by atoms with Crippen molar-refractivity contribution in [1.82, 2.24) is 4.98 Å². The number of hydrogen-bond acceptors (Lipinski definition) is 4. The molecule has 5 heteroatoms. The first-order chi connectivity index (χ1) is 6.76. The fourth-order valence-electron chi connectivity index (χ4n) is 1.23. The van der Waals surface area contributed by atoms with Crippen molar-refractivity contribution in [1.29, 1.82) is 5.26 Å². The first-order valence-electron chi connectivity index (χ1n) is 3.90. The number of thiazole rings is 1. The van der Waals surface area contributed by atoms with Crippen LogP contribution in [0, 0.1) is 11.3 Å². The topological polar surface area (TPSA) is 62.7 Å². The van der Waals surface area contributed by atoms with Crippen LogP contribution in [0.2, 0.25) is 0 Å². The maximum Gasteiger partial charge on any atom is 0.104 e. The van der Waals surface area contributed by atoms with Gasteiger partial charge in [-0.1, -0.05) is 22.6 Å². The molecule has 2 aromatic rings. The zero-order chi connectivity index (χ0) is 10.1. The van der Waals surface area contributed by atoms with Gasteiger partial charge in [0.25, 0.3) is 0 Å². The molecule has 0 unspecified atom stereocenters. The quantitative estimate of drug-likeness (QED) is 0.500. The summed E-state index contributed by atoms with van der Waals surface area (Å²) in [5, 5.41) is 9.98. The van der Waals surface area contributed by atoms with Gasteiger partial charge in [-0.3, -0.25) is 0 Å². The van der Waals surface area contributed by atoms with Crippen LogP contribution in [0.3, 0.4) is 0 Å². The molecule has 3 nitrogen and oxygen atoms in total. The second kappa shape index (κ2) is 3.71. The Kier molecular flexibility index (Phi) is 2.56. The Balaban J connectivity index is 2.81. The molecule has 14 heavy (non-hydrogen) atoms. The summed E-state index contributed by atoms with van der Waals surface area (Å²) in [5.41, 5.74) is 7.65. The minimum atomic E-state index is 0.531. The second-order valence-electron chi connectivity index (χ2n) is 2.73. The minimum Gasteiger partial charge on any atom is -0.398 e. The van der Waals surface area contributed by atoms with Crippen molar-refractivity contribution in [2.45, 2.75) is 4.43 Å². The molecule has 0 aliphatic rings. The maximum atomic E-state index is 8.95. The largest absolute Gasteiger partial charge is 0.398 e. The van der Waals surface area contributed by atoms with Gasteiger partial charge < -0.3 is 5.73 Å². The summed E-state index contributed by atoms with van der Waals surface area (Å²) >= 11 is 3.80. The van der Waals surface area contributed by atoms with E-state index in [1.165, 1.54) is 0 Å². The first kappa shape index (κ1) is 9.68. The molecule has 1 heterocycles. The molecule has 0 bridgehead atoms. The second-order valence-corrected chi connectivity index (χ2v) is 4.58. The lowest BCUT2D eigenvalue weighted by Gasteiger charge is -1.95. The summed E-state index contributed by atoms with van der Waals surface area (Å²) in [4.78, 5) is 4.39. The fraction of sp³-hybridized carbons (Fsp3) is 0.111. The lowest BCUT2D eigenvalue weighted by Crippen LogP contribution is -1.89. The summed E-state index contributed by atoms with van der Waals surface area (Å²) in [6.07, 6.45) is 0. The molecule has 0 radical (unpaired) electrons. The molecule has 70 valence electrons. The van der Waals surface area contributed by atoms with Gasteiger partial charge in [0.1, 0.15) is 11.1 Å². The average Bonchev–Trinajstić information content (AvgIpc) is 2.60. The molecule has 0 aliphatic heterocycles. The van der Waals surface area contributed by atoms with Gasteiger partial charge in [0.2, 0.25) is 0 Å². The van der Waals surface area contributed by atoms with Gasteiger partial charge in [-0.15, -0.1) is 11.3 Å². The van der Waals surface area contributed by atoms with Crippen molar-refractivity contribution in [3.05, 3.63) is 22.7 Å². The Bertz CT molecular complexity index is 527. The monoisotopic (exact) mass is 315 g/mol. The Morgan fingerprint density at radius 1 is 1.57 bits per heavy atom. The van der Waals surface area contributed by atoms with E-state index in [-0.39, 0.29) is 0 Å². The molecular formula is C9H6IN3S. The molecule has 1 aromatic heterocycles. The fourth-order valence-corrected chi connectivity index (χ4v) is 2.78. The van der Waals surface area contributed by atoms with Crippen LogP contribution in [0.5, 0.6) is 0 Å². The smallest absolute Gasteiger partial charge is 0.104 e. The van der Waals surface area contributed by atoms with Crippen LogP contribution < -0.4 is 5.73 Å². The van der Waals surface area contributed by atoms with Gasteiger partial charge in [-0.25, -0.2) is 4.98 Å². The summed E-state index contributed by atoms with van der Waals surface area (Å²) < 4.78 is 1.76. The van der Waals surface area contributed by atoms with Gasteiger partial charge in [0, 0.05) is 0 Å². The number of nitrogens with two attached hydrogens (primary N) is 1. The molecule has 0 amide bonds. The van der Waals surface area contributed by atoms with E-state index in [4.69, 9.17) is 11.0 Å². The highest BCUT2D eigenvalue weighted by Crippen LogP contribution is 2.29. The van der Waals surface area contributed by atoms with E-state index in [0.29, 0.717) is 11.3 Å².